The molecule has 0 bridgehead atoms. The molecular weight excluding hydrogens is 643 g/mol. The number of hydrogen-bond acceptors (Lipinski definition) is 4. The third-order valence-corrected chi connectivity index (χ3v) is 10.5. The van der Waals surface area contributed by atoms with E-state index in [4.69, 9.17) is 0 Å². The van der Waals surface area contributed by atoms with Gasteiger partial charge in [-0.25, -0.2) is 0 Å². The summed E-state index contributed by atoms with van der Waals surface area (Å²) in [4.78, 5) is 12.5. The lowest BCUT2D eigenvalue weighted by Gasteiger charge is -2.21. The Morgan fingerprint density at radius 2 is 0.788 bits per heavy atom. The zero-order chi connectivity index (χ0) is 38.0. The first kappa shape index (κ1) is 50.6. The second-order valence-corrected chi connectivity index (χ2v) is 15.6. The van der Waals surface area contributed by atoms with E-state index in [0.717, 1.165) is 44.9 Å². The highest BCUT2D eigenvalue weighted by Crippen LogP contribution is 2.16. The number of aliphatic hydroxyl groups is 3. The lowest BCUT2D eigenvalue weighted by Crippen LogP contribution is -2.48. The molecule has 306 valence electrons. The minimum atomic E-state index is -1.11. The van der Waals surface area contributed by atoms with E-state index < -0.39 is 24.2 Å². The third-order valence-electron chi connectivity index (χ3n) is 10.5. The van der Waals surface area contributed by atoms with Crippen molar-refractivity contribution in [2.24, 2.45) is 0 Å². The van der Waals surface area contributed by atoms with E-state index in [-0.39, 0.29) is 6.61 Å². The number of allylic oxidation sites excluding steroid dienone is 5. The van der Waals surface area contributed by atoms with Crippen LogP contribution < -0.4 is 5.32 Å². The molecule has 1 amide bonds. The van der Waals surface area contributed by atoms with E-state index in [1.807, 2.05) is 6.08 Å². The van der Waals surface area contributed by atoms with Crippen molar-refractivity contribution < 1.29 is 20.1 Å². The number of carbonyl (C=O) groups excluding carboxylic acids is 1. The molecule has 0 aliphatic heterocycles. The fourth-order valence-electron chi connectivity index (χ4n) is 6.86. The molecular formula is C47H89NO4. The van der Waals surface area contributed by atoms with Gasteiger partial charge in [0.1, 0.15) is 6.10 Å². The Kier molecular flexibility index (Phi) is 41.1. The first-order chi connectivity index (χ1) is 25.6. The maximum Gasteiger partial charge on any atom is 0.249 e. The smallest absolute Gasteiger partial charge is 0.249 e. The Hall–Kier alpha value is -1.43. The Morgan fingerprint density at radius 3 is 1.17 bits per heavy atom. The quantitative estimate of drug-likeness (QED) is 0.0372. The average molecular weight is 732 g/mol. The van der Waals surface area contributed by atoms with Crippen molar-refractivity contribution in [1.82, 2.24) is 5.32 Å². The summed E-state index contributed by atoms with van der Waals surface area (Å²) in [6.07, 6.45) is 53.2. The van der Waals surface area contributed by atoms with Gasteiger partial charge in [-0.05, 0) is 44.9 Å². The SMILES string of the molecule is CCCCCCCCC/C=C/CC/C=C/CC/C=C/C(O)C(CO)NC(=O)C(O)CCCCCCCCCCCCCCCCCCCCCCC. The molecule has 4 N–H and O–H groups in total. The molecule has 0 aromatic carbocycles. The van der Waals surface area contributed by atoms with Crippen LogP contribution in [-0.4, -0.2) is 46.1 Å². The van der Waals surface area contributed by atoms with Crippen LogP contribution in [0.1, 0.15) is 232 Å². The number of unbranched alkanes of at least 4 members (excludes halogenated alkanes) is 29. The van der Waals surface area contributed by atoms with Gasteiger partial charge in [0.05, 0.1) is 18.8 Å². The second kappa shape index (κ2) is 42.3. The van der Waals surface area contributed by atoms with Crippen molar-refractivity contribution in [1.29, 1.82) is 0 Å². The monoisotopic (exact) mass is 732 g/mol. The number of hydrogen-bond donors (Lipinski definition) is 4. The van der Waals surface area contributed by atoms with Gasteiger partial charge < -0.3 is 20.6 Å². The largest absolute Gasteiger partial charge is 0.394 e. The predicted molar refractivity (Wildman–Crippen MR) is 227 cm³/mol. The van der Waals surface area contributed by atoms with Gasteiger partial charge in [-0.15, -0.1) is 0 Å². The summed E-state index contributed by atoms with van der Waals surface area (Å²) in [5, 5.41) is 33.1. The van der Waals surface area contributed by atoms with Gasteiger partial charge in [0.15, 0.2) is 0 Å². The molecule has 0 radical (unpaired) electrons. The molecule has 0 saturated heterocycles. The van der Waals surface area contributed by atoms with E-state index in [2.05, 4.69) is 43.5 Å². The van der Waals surface area contributed by atoms with E-state index in [1.165, 1.54) is 167 Å². The Morgan fingerprint density at radius 1 is 0.462 bits per heavy atom. The van der Waals surface area contributed by atoms with Crippen LogP contribution in [0.15, 0.2) is 36.5 Å². The van der Waals surface area contributed by atoms with Crippen LogP contribution in [0.2, 0.25) is 0 Å². The number of amides is 1. The second-order valence-electron chi connectivity index (χ2n) is 15.6. The standard InChI is InChI=1S/C47H89NO4/c1-3-5-7-9-11-13-15-17-19-21-22-23-24-26-28-30-32-34-36-38-40-42-46(51)47(52)48-44(43-49)45(50)41-39-37-35-33-31-29-27-25-20-18-16-14-12-10-8-6-4-2/h20,25,31,33,39,41,44-46,49-51H,3-19,21-24,26-30,32,34-38,40,42-43H2,1-2H3,(H,48,52)/b25-20+,33-31+,41-39+. The molecule has 0 aliphatic rings. The van der Waals surface area contributed by atoms with Crippen LogP contribution in [-0.2, 0) is 4.79 Å². The average Bonchev–Trinajstić information content (AvgIpc) is 3.15. The Bertz CT molecular complexity index is 809. The number of carbonyl (C=O) groups is 1. The van der Waals surface area contributed by atoms with Gasteiger partial charge in [-0.1, -0.05) is 224 Å². The molecule has 0 aliphatic carbocycles. The van der Waals surface area contributed by atoms with E-state index in [9.17, 15) is 20.1 Å². The first-order valence-corrected chi connectivity index (χ1v) is 22.8. The number of aliphatic hydroxyl groups excluding tert-OH is 3. The van der Waals surface area contributed by atoms with Crippen molar-refractivity contribution in [3.63, 3.8) is 0 Å². The predicted octanol–water partition coefficient (Wildman–Crippen LogP) is 13.2. The lowest BCUT2D eigenvalue weighted by molar-refractivity contribution is -0.131. The molecule has 0 aromatic heterocycles. The fourth-order valence-corrected chi connectivity index (χ4v) is 6.86. The van der Waals surface area contributed by atoms with E-state index in [1.54, 1.807) is 6.08 Å². The van der Waals surface area contributed by atoms with Crippen molar-refractivity contribution >= 4 is 5.91 Å². The van der Waals surface area contributed by atoms with Crippen LogP contribution in [0.25, 0.3) is 0 Å². The lowest BCUT2D eigenvalue weighted by atomic mass is 10.0. The van der Waals surface area contributed by atoms with Gasteiger partial charge >= 0.3 is 0 Å². The minimum Gasteiger partial charge on any atom is -0.394 e. The van der Waals surface area contributed by atoms with E-state index >= 15 is 0 Å². The highest BCUT2D eigenvalue weighted by Gasteiger charge is 2.22. The van der Waals surface area contributed by atoms with Crippen molar-refractivity contribution in [2.45, 2.75) is 250 Å². The zero-order valence-corrected chi connectivity index (χ0v) is 34.7. The molecule has 0 heterocycles. The molecule has 3 atom stereocenters. The van der Waals surface area contributed by atoms with Crippen LogP contribution in [0, 0.1) is 0 Å². The summed E-state index contributed by atoms with van der Waals surface area (Å²) in [5.74, 6) is -0.515. The third kappa shape index (κ3) is 36.9. The van der Waals surface area contributed by atoms with Crippen LogP contribution >= 0.6 is 0 Å². The van der Waals surface area contributed by atoms with Crippen LogP contribution in [0.3, 0.4) is 0 Å². The van der Waals surface area contributed by atoms with E-state index in [0.29, 0.717) is 6.42 Å². The fraction of sp³-hybridized carbons (Fsp3) is 0.851. The highest BCUT2D eigenvalue weighted by atomic mass is 16.3. The molecule has 0 fully saturated rings. The zero-order valence-electron chi connectivity index (χ0n) is 34.7. The summed E-state index contributed by atoms with van der Waals surface area (Å²) < 4.78 is 0. The van der Waals surface area contributed by atoms with Gasteiger partial charge in [0.25, 0.3) is 0 Å². The molecule has 52 heavy (non-hydrogen) atoms. The number of rotatable bonds is 41. The highest BCUT2D eigenvalue weighted by molar-refractivity contribution is 5.80. The summed E-state index contributed by atoms with van der Waals surface area (Å²) in [7, 11) is 0. The van der Waals surface area contributed by atoms with Gasteiger partial charge in [0, 0.05) is 0 Å². The van der Waals surface area contributed by atoms with Crippen LogP contribution in [0.5, 0.6) is 0 Å². The van der Waals surface area contributed by atoms with Gasteiger partial charge in [-0.3, -0.25) is 4.79 Å². The molecule has 0 rings (SSSR count). The topological polar surface area (TPSA) is 89.8 Å². The maximum atomic E-state index is 12.5. The van der Waals surface area contributed by atoms with Crippen molar-refractivity contribution in [3.8, 4) is 0 Å². The van der Waals surface area contributed by atoms with Gasteiger partial charge in [-0.2, -0.15) is 0 Å². The Labute approximate surface area is 324 Å². The summed E-state index contributed by atoms with van der Waals surface area (Å²) in [6, 6.07) is -0.818. The number of nitrogens with one attached hydrogen (secondary N) is 1. The molecule has 3 unspecified atom stereocenters. The summed E-state index contributed by atoms with van der Waals surface area (Å²) in [5.41, 5.74) is 0. The summed E-state index contributed by atoms with van der Waals surface area (Å²) in [6.45, 7) is 4.17. The molecule has 5 nitrogen and oxygen atoms in total. The molecule has 0 spiro atoms. The first-order valence-electron chi connectivity index (χ1n) is 22.8. The molecule has 0 aromatic rings. The van der Waals surface area contributed by atoms with Crippen molar-refractivity contribution in [3.05, 3.63) is 36.5 Å². The summed E-state index contributed by atoms with van der Waals surface area (Å²) >= 11 is 0. The van der Waals surface area contributed by atoms with Gasteiger partial charge in [0.2, 0.25) is 5.91 Å². The minimum absolute atomic E-state index is 0.379. The van der Waals surface area contributed by atoms with Crippen LogP contribution in [0.4, 0.5) is 0 Å². The van der Waals surface area contributed by atoms with Crippen molar-refractivity contribution in [2.75, 3.05) is 6.61 Å². The molecule has 5 heteroatoms. The normalized spacial score (nSPS) is 13.9. The maximum absolute atomic E-state index is 12.5. The Balaban J connectivity index is 3.69. The molecule has 0 saturated carbocycles.